The average molecular weight is 422 g/mol. The molecule has 0 spiro atoms. The first-order valence-corrected chi connectivity index (χ1v) is 10.5. The van der Waals surface area contributed by atoms with Crippen molar-refractivity contribution < 1.29 is 5.11 Å². The zero-order chi connectivity index (χ0) is 22.5. The van der Waals surface area contributed by atoms with Gasteiger partial charge in [-0.2, -0.15) is 0 Å². The lowest BCUT2D eigenvalue weighted by molar-refractivity contribution is 0.295. The van der Waals surface area contributed by atoms with Crippen LogP contribution in [0.25, 0.3) is 0 Å². The Morgan fingerprint density at radius 3 is 1.94 bits per heavy atom. The molecule has 1 atom stereocenters. The van der Waals surface area contributed by atoms with Gasteiger partial charge >= 0.3 is 0 Å². The third-order valence-corrected chi connectivity index (χ3v) is 5.83. The van der Waals surface area contributed by atoms with Gasteiger partial charge in [-0.1, -0.05) is 42.5 Å². The van der Waals surface area contributed by atoms with Gasteiger partial charge in [0, 0.05) is 33.2 Å². The molecule has 0 saturated carbocycles. The van der Waals surface area contributed by atoms with E-state index in [9.17, 15) is 14.7 Å². The van der Waals surface area contributed by atoms with E-state index in [0.717, 1.165) is 18.4 Å². The normalized spacial score (nSPS) is 12.3. The molecule has 0 heterocycles. The summed E-state index contributed by atoms with van der Waals surface area (Å²) in [6, 6.07) is 17.4. The van der Waals surface area contributed by atoms with Crippen molar-refractivity contribution in [2.45, 2.75) is 18.9 Å². The molecule has 3 aromatic rings. The monoisotopic (exact) mass is 421 g/mol. The van der Waals surface area contributed by atoms with E-state index in [1.54, 1.807) is 12.1 Å². The van der Waals surface area contributed by atoms with Gasteiger partial charge < -0.3 is 19.8 Å². The summed E-state index contributed by atoms with van der Waals surface area (Å²) in [7, 11) is 7.76. The summed E-state index contributed by atoms with van der Waals surface area (Å²) in [4.78, 5) is 30.7. The Labute approximate surface area is 183 Å². The van der Waals surface area contributed by atoms with Gasteiger partial charge in [-0.15, -0.1) is 0 Å². The zero-order valence-electron chi connectivity index (χ0n) is 18.7. The minimum absolute atomic E-state index is 0.140. The topological polar surface area (TPSA) is 64.1 Å². The summed E-state index contributed by atoms with van der Waals surface area (Å²) < 4.78 is 0. The molecule has 164 valence electrons. The predicted octanol–water partition coefficient (Wildman–Crippen LogP) is 2.28. The number of hydrogen-bond donors (Lipinski definition) is 1. The highest BCUT2D eigenvalue weighted by atomic mass is 16.3. The highest BCUT2D eigenvalue weighted by Gasteiger charge is 2.28. The standard InChI is InChI=1S/C25H31N3O3/c1-26(2)20(16-19-10-12-21(29)13-11-19)17-28(4)23-22(24(30)25(23)31)27(3)15-14-18-8-6-5-7-9-18/h5-13,20,29H,14-17H2,1-4H3/t20-/m0/s1. The van der Waals surface area contributed by atoms with E-state index in [1.807, 2.05) is 68.3 Å². The summed E-state index contributed by atoms with van der Waals surface area (Å²) in [6.07, 6.45) is 1.58. The number of phenolic OH excluding ortho intramolecular Hbond substituents is 1. The lowest BCUT2D eigenvalue weighted by Gasteiger charge is -2.33. The van der Waals surface area contributed by atoms with Crippen LogP contribution in [0.15, 0.2) is 64.2 Å². The van der Waals surface area contributed by atoms with Crippen LogP contribution in [0.1, 0.15) is 11.1 Å². The average Bonchev–Trinajstić information content (AvgIpc) is 2.76. The number of rotatable bonds is 10. The molecule has 3 aromatic carbocycles. The van der Waals surface area contributed by atoms with Gasteiger partial charge in [-0.25, -0.2) is 0 Å². The van der Waals surface area contributed by atoms with E-state index in [2.05, 4.69) is 17.0 Å². The third-order valence-electron chi connectivity index (χ3n) is 5.83. The van der Waals surface area contributed by atoms with Crippen LogP contribution in [0, 0.1) is 0 Å². The molecule has 0 bridgehead atoms. The maximum Gasteiger partial charge on any atom is 0.253 e. The smallest absolute Gasteiger partial charge is 0.253 e. The Hall–Kier alpha value is -3.12. The van der Waals surface area contributed by atoms with Crippen LogP contribution in [0.5, 0.6) is 5.75 Å². The lowest BCUT2D eigenvalue weighted by Crippen LogP contribution is -2.48. The molecular formula is C25H31N3O3. The third kappa shape index (κ3) is 5.33. The maximum atomic E-state index is 12.4. The Kier molecular flexibility index (Phi) is 7.13. The minimum Gasteiger partial charge on any atom is -0.508 e. The minimum atomic E-state index is -0.411. The van der Waals surface area contributed by atoms with Crippen LogP contribution in [-0.4, -0.2) is 57.3 Å². The van der Waals surface area contributed by atoms with Crippen molar-refractivity contribution in [3.8, 4) is 5.75 Å². The Morgan fingerprint density at radius 1 is 0.774 bits per heavy atom. The number of aromatic hydroxyl groups is 1. The first-order valence-electron chi connectivity index (χ1n) is 10.5. The van der Waals surface area contributed by atoms with Crippen LogP contribution >= 0.6 is 0 Å². The molecule has 0 amide bonds. The van der Waals surface area contributed by atoms with Crippen LogP contribution in [-0.2, 0) is 12.8 Å². The van der Waals surface area contributed by atoms with Crippen molar-refractivity contribution in [2.75, 3.05) is 51.1 Å². The quantitative estimate of drug-likeness (QED) is 0.507. The number of anilines is 2. The SMILES string of the molecule is CN(CCc1ccccc1)c1c(N(C)C[C@H](Cc2ccc(O)cc2)N(C)C)c(=O)c1=O. The molecule has 3 rings (SSSR count). The molecule has 31 heavy (non-hydrogen) atoms. The summed E-state index contributed by atoms with van der Waals surface area (Å²) in [5.41, 5.74) is 2.49. The van der Waals surface area contributed by atoms with E-state index in [0.29, 0.717) is 24.5 Å². The van der Waals surface area contributed by atoms with E-state index in [1.165, 1.54) is 5.56 Å². The van der Waals surface area contributed by atoms with Crippen molar-refractivity contribution in [3.63, 3.8) is 0 Å². The van der Waals surface area contributed by atoms with E-state index < -0.39 is 10.9 Å². The van der Waals surface area contributed by atoms with Gasteiger partial charge in [0.15, 0.2) is 0 Å². The number of phenols is 1. The highest BCUT2D eigenvalue weighted by Crippen LogP contribution is 2.24. The van der Waals surface area contributed by atoms with E-state index in [-0.39, 0.29) is 11.8 Å². The number of hydrogen-bond acceptors (Lipinski definition) is 6. The van der Waals surface area contributed by atoms with E-state index >= 15 is 0 Å². The van der Waals surface area contributed by atoms with Crippen LogP contribution in [0.3, 0.4) is 0 Å². The molecule has 0 saturated heterocycles. The second-order valence-corrected chi connectivity index (χ2v) is 8.38. The molecule has 6 nitrogen and oxygen atoms in total. The van der Waals surface area contributed by atoms with Crippen molar-refractivity contribution in [1.82, 2.24) is 4.90 Å². The molecule has 0 aliphatic rings. The summed E-state index contributed by atoms with van der Waals surface area (Å²) in [6.45, 7) is 1.28. The first kappa shape index (κ1) is 22.6. The Balaban J connectivity index is 1.71. The fraction of sp³-hybridized carbons (Fsp3) is 0.360. The Bertz CT molecular complexity index is 1050. The van der Waals surface area contributed by atoms with Crippen molar-refractivity contribution in [1.29, 1.82) is 0 Å². The molecular weight excluding hydrogens is 390 g/mol. The number of nitrogens with zero attached hydrogens (tertiary/aromatic N) is 3. The molecule has 0 aromatic heterocycles. The molecule has 1 N–H and O–H groups in total. The van der Waals surface area contributed by atoms with Gasteiger partial charge in [-0.3, -0.25) is 9.59 Å². The molecule has 0 aliphatic heterocycles. The molecule has 0 unspecified atom stereocenters. The maximum absolute atomic E-state index is 12.4. The van der Waals surface area contributed by atoms with Gasteiger partial charge in [0.2, 0.25) is 0 Å². The molecule has 0 radical (unpaired) electrons. The molecule has 0 aliphatic carbocycles. The lowest BCUT2D eigenvalue weighted by atomic mass is 10.0. The second kappa shape index (κ2) is 9.79. The zero-order valence-corrected chi connectivity index (χ0v) is 18.7. The first-order chi connectivity index (χ1) is 14.8. The van der Waals surface area contributed by atoms with Crippen LogP contribution in [0.4, 0.5) is 11.4 Å². The van der Waals surface area contributed by atoms with Crippen molar-refractivity contribution in [3.05, 3.63) is 86.2 Å². The van der Waals surface area contributed by atoms with Crippen LogP contribution in [0.2, 0.25) is 0 Å². The van der Waals surface area contributed by atoms with Crippen molar-refractivity contribution >= 4 is 11.4 Å². The van der Waals surface area contributed by atoms with E-state index in [4.69, 9.17) is 0 Å². The summed E-state index contributed by atoms with van der Waals surface area (Å²) in [5.74, 6) is 0.245. The largest absolute Gasteiger partial charge is 0.508 e. The van der Waals surface area contributed by atoms with Gasteiger partial charge in [-0.05, 0) is 50.2 Å². The predicted molar refractivity (Wildman–Crippen MR) is 127 cm³/mol. The number of likely N-dealkylation sites (N-methyl/N-ethyl adjacent to an activating group) is 3. The van der Waals surface area contributed by atoms with Gasteiger partial charge in [0.05, 0.1) is 0 Å². The van der Waals surface area contributed by atoms with Gasteiger partial charge in [0.25, 0.3) is 10.9 Å². The molecule has 6 heteroatoms. The van der Waals surface area contributed by atoms with Gasteiger partial charge in [0.1, 0.15) is 17.1 Å². The highest BCUT2D eigenvalue weighted by molar-refractivity contribution is 5.76. The molecule has 0 fully saturated rings. The fourth-order valence-electron chi connectivity index (χ4n) is 3.85. The second-order valence-electron chi connectivity index (χ2n) is 8.38. The Morgan fingerprint density at radius 2 is 1.35 bits per heavy atom. The fourth-order valence-corrected chi connectivity index (χ4v) is 3.85. The van der Waals surface area contributed by atoms with Crippen molar-refractivity contribution in [2.24, 2.45) is 0 Å². The number of benzene rings is 2. The summed E-state index contributed by atoms with van der Waals surface area (Å²) >= 11 is 0. The summed E-state index contributed by atoms with van der Waals surface area (Å²) in [5, 5.41) is 9.51. The van der Waals surface area contributed by atoms with Crippen LogP contribution < -0.4 is 20.7 Å².